The van der Waals surface area contributed by atoms with E-state index in [1.807, 2.05) is 48.9 Å². The second-order valence-electron chi connectivity index (χ2n) is 7.68. The highest BCUT2D eigenvalue weighted by atomic mass is 16.2. The monoisotopic (exact) mass is 368 g/mol. The van der Waals surface area contributed by atoms with Gasteiger partial charge in [-0.05, 0) is 37.2 Å². The third-order valence-corrected chi connectivity index (χ3v) is 5.08. The van der Waals surface area contributed by atoms with Crippen molar-refractivity contribution in [2.24, 2.45) is 11.8 Å². The Bertz CT molecular complexity index is 780. The molecule has 1 aliphatic carbocycles. The summed E-state index contributed by atoms with van der Waals surface area (Å²) < 4.78 is 1.87. The summed E-state index contributed by atoms with van der Waals surface area (Å²) in [7, 11) is 0. The highest BCUT2D eigenvalue weighted by molar-refractivity contribution is 5.97. The number of rotatable bonds is 8. The molecule has 2 N–H and O–H groups in total. The molecule has 0 saturated heterocycles. The van der Waals surface area contributed by atoms with Crippen LogP contribution < -0.4 is 10.6 Å². The molecule has 2 atom stereocenters. The van der Waals surface area contributed by atoms with Crippen LogP contribution in [0.1, 0.15) is 45.2 Å². The fraction of sp³-hybridized carbons (Fsp3) is 0.476. The third-order valence-electron chi connectivity index (χ3n) is 5.08. The minimum absolute atomic E-state index is 0.0260. The maximum Gasteiger partial charge on any atom is 0.248 e. The van der Waals surface area contributed by atoms with Crippen LogP contribution in [0.15, 0.2) is 42.6 Å². The van der Waals surface area contributed by atoms with Gasteiger partial charge >= 0.3 is 0 Å². The Labute approximate surface area is 160 Å². The molecule has 1 saturated carbocycles. The van der Waals surface area contributed by atoms with Crippen LogP contribution in [0, 0.1) is 11.8 Å². The van der Waals surface area contributed by atoms with Gasteiger partial charge < -0.3 is 10.6 Å². The SMILES string of the molecule is CC(C)C(NC(=O)Cc1ccccc1)C(=O)Nc1ccnn1C(C)C1CC1. The van der Waals surface area contributed by atoms with Gasteiger partial charge in [-0.2, -0.15) is 5.10 Å². The predicted octanol–water partition coefficient (Wildman–Crippen LogP) is 3.18. The van der Waals surface area contributed by atoms with Crippen molar-refractivity contribution in [1.82, 2.24) is 15.1 Å². The first-order valence-electron chi connectivity index (χ1n) is 9.63. The molecule has 6 heteroatoms. The Morgan fingerprint density at radius 3 is 2.48 bits per heavy atom. The van der Waals surface area contributed by atoms with Crippen molar-refractivity contribution < 1.29 is 9.59 Å². The molecular weight excluding hydrogens is 340 g/mol. The molecule has 0 aliphatic heterocycles. The Kier molecular flexibility index (Phi) is 5.94. The van der Waals surface area contributed by atoms with Gasteiger partial charge in [0.2, 0.25) is 11.8 Å². The molecule has 0 radical (unpaired) electrons. The van der Waals surface area contributed by atoms with Crippen LogP contribution in [0.4, 0.5) is 5.82 Å². The van der Waals surface area contributed by atoms with E-state index in [2.05, 4.69) is 22.7 Å². The third kappa shape index (κ3) is 4.96. The lowest BCUT2D eigenvalue weighted by Gasteiger charge is -2.23. The lowest BCUT2D eigenvalue weighted by Crippen LogP contribution is -2.47. The number of aromatic nitrogens is 2. The maximum atomic E-state index is 12.8. The first-order chi connectivity index (χ1) is 13.0. The molecule has 2 amide bonds. The minimum atomic E-state index is -0.596. The second kappa shape index (κ2) is 8.37. The van der Waals surface area contributed by atoms with E-state index in [1.165, 1.54) is 12.8 Å². The minimum Gasteiger partial charge on any atom is -0.344 e. The van der Waals surface area contributed by atoms with Gasteiger partial charge in [0, 0.05) is 6.07 Å². The Hall–Kier alpha value is -2.63. The molecule has 2 aromatic rings. The van der Waals surface area contributed by atoms with Gasteiger partial charge in [-0.3, -0.25) is 9.59 Å². The number of nitrogens with one attached hydrogen (secondary N) is 2. The van der Waals surface area contributed by atoms with E-state index in [4.69, 9.17) is 0 Å². The second-order valence-corrected chi connectivity index (χ2v) is 7.68. The first-order valence-corrected chi connectivity index (χ1v) is 9.63. The van der Waals surface area contributed by atoms with Crippen LogP contribution >= 0.6 is 0 Å². The van der Waals surface area contributed by atoms with Crippen molar-refractivity contribution in [3.8, 4) is 0 Å². The standard InChI is InChI=1S/C21H28N4O2/c1-14(2)20(24-19(26)13-16-7-5-4-6-8-16)21(27)23-18-11-12-22-25(18)15(3)17-9-10-17/h4-8,11-12,14-15,17,20H,9-10,13H2,1-3H3,(H,23,27)(H,24,26). The normalized spacial score (nSPS) is 16.0. The number of anilines is 1. The van der Waals surface area contributed by atoms with Crippen molar-refractivity contribution in [3.63, 3.8) is 0 Å². The molecule has 3 rings (SSSR count). The lowest BCUT2D eigenvalue weighted by atomic mass is 10.0. The van der Waals surface area contributed by atoms with Gasteiger partial charge in [-0.15, -0.1) is 0 Å². The van der Waals surface area contributed by atoms with Crippen molar-refractivity contribution in [3.05, 3.63) is 48.2 Å². The van der Waals surface area contributed by atoms with Gasteiger partial charge in [-0.25, -0.2) is 4.68 Å². The van der Waals surface area contributed by atoms with Crippen LogP contribution in [-0.4, -0.2) is 27.6 Å². The summed E-state index contributed by atoms with van der Waals surface area (Å²) in [5, 5.41) is 10.2. The van der Waals surface area contributed by atoms with E-state index in [9.17, 15) is 9.59 Å². The predicted molar refractivity (Wildman–Crippen MR) is 105 cm³/mol. The fourth-order valence-electron chi connectivity index (χ4n) is 3.26. The van der Waals surface area contributed by atoms with E-state index in [0.29, 0.717) is 11.7 Å². The number of carbonyl (C=O) groups is 2. The van der Waals surface area contributed by atoms with E-state index < -0.39 is 6.04 Å². The quantitative estimate of drug-likeness (QED) is 0.751. The van der Waals surface area contributed by atoms with Crippen LogP contribution in [0.25, 0.3) is 0 Å². The molecule has 1 fully saturated rings. The molecule has 1 aromatic carbocycles. The first kappa shape index (κ1) is 19.1. The van der Waals surface area contributed by atoms with Gasteiger partial charge in [0.05, 0.1) is 18.7 Å². The summed E-state index contributed by atoms with van der Waals surface area (Å²) in [4.78, 5) is 25.2. The zero-order chi connectivity index (χ0) is 19.4. The molecule has 2 unspecified atom stereocenters. The largest absolute Gasteiger partial charge is 0.344 e. The van der Waals surface area contributed by atoms with Crippen LogP contribution in [0.5, 0.6) is 0 Å². The van der Waals surface area contributed by atoms with Crippen molar-refractivity contribution in [1.29, 1.82) is 0 Å². The summed E-state index contributed by atoms with van der Waals surface area (Å²) in [6.45, 7) is 5.98. The molecular formula is C21H28N4O2. The highest BCUT2D eigenvalue weighted by Crippen LogP contribution is 2.40. The number of hydrogen-bond acceptors (Lipinski definition) is 3. The van der Waals surface area contributed by atoms with Crippen molar-refractivity contribution >= 4 is 17.6 Å². The van der Waals surface area contributed by atoms with Crippen LogP contribution in [0.2, 0.25) is 0 Å². The van der Waals surface area contributed by atoms with Gasteiger partial charge in [-0.1, -0.05) is 44.2 Å². The number of benzene rings is 1. The zero-order valence-electron chi connectivity index (χ0n) is 16.2. The molecule has 1 aromatic heterocycles. The lowest BCUT2D eigenvalue weighted by molar-refractivity contribution is -0.127. The van der Waals surface area contributed by atoms with E-state index in [0.717, 1.165) is 5.56 Å². The number of amides is 2. The highest BCUT2D eigenvalue weighted by Gasteiger charge is 2.31. The Balaban J connectivity index is 1.63. The summed E-state index contributed by atoms with van der Waals surface area (Å²) in [5.74, 6) is 0.919. The Morgan fingerprint density at radius 1 is 1.15 bits per heavy atom. The van der Waals surface area contributed by atoms with Crippen molar-refractivity contribution in [2.75, 3.05) is 5.32 Å². The van der Waals surface area contributed by atoms with Crippen LogP contribution in [0.3, 0.4) is 0 Å². The average Bonchev–Trinajstić information content (AvgIpc) is 3.39. The average molecular weight is 368 g/mol. The van der Waals surface area contributed by atoms with E-state index in [-0.39, 0.29) is 30.2 Å². The fourth-order valence-corrected chi connectivity index (χ4v) is 3.26. The molecule has 27 heavy (non-hydrogen) atoms. The molecule has 144 valence electrons. The number of nitrogens with zero attached hydrogens (tertiary/aromatic N) is 2. The topological polar surface area (TPSA) is 76.0 Å². The van der Waals surface area contributed by atoms with Crippen LogP contribution in [-0.2, 0) is 16.0 Å². The molecule has 1 aliphatic rings. The number of carbonyl (C=O) groups excluding carboxylic acids is 2. The number of hydrogen-bond donors (Lipinski definition) is 2. The Morgan fingerprint density at radius 2 is 1.85 bits per heavy atom. The smallest absolute Gasteiger partial charge is 0.248 e. The maximum absolute atomic E-state index is 12.8. The molecule has 0 bridgehead atoms. The van der Waals surface area contributed by atoms with E-state index >= 15 is 0 Å². The molecule has 1 heterocycles. The summed E-state index contributed by atoms with van der Waals surface area (Å²) >= 11 is 0. The van der Waals surface area contributed by atoms with E-state index in [1.54, 1.807) is 12.3 Å². The summed E-state index contributed by atoms with van der Waals surface area (Å²) in [5.41, 5.74) is 0.925. The zero-order valence-corrected chi connectivity index (χ0v) is 16.2. The van der Waals surface area contributed by atoms with Gasteiger partial charge in [0.1, 0.15) is 11.9 Å². The molecule has 6 nitrogen and oxygen atoms in total. The summed E-state index contributed by atoms with van der Waals surface area (Å²) in [6.07, 6.45) is 4.37. The van der Waals surface area contributed by atoms with Gasteiger partial charge in [0.25, 0.3) is 0 Å². The summed E-state index contributed by atoms with van der Waals surface area (Å²) in [6, 6.07) is 11.0. The molecule has 0 spiro atoms. The van der Waals surface area contributed by atoms with Gasteiger partial charge in [0.15, 0.2) is 0 Å². The van der Waals surface area contributed by atoms with Crippen molar-refractivity contribution in [2.45, 2.75) is 52.1 Å².